The maximum Gasteiger partial charge on any atom is 0.287 e. The minimum atomic E-state index is -0.433. The quantitative estimate of drug-likeness (QED) is 0.499. The summed E-state index contributed by atoms with van der Waals surface area (Å²) in [4.78, 5) is 24.1. The Morgan fingerprint density at radius 1 is 0.900 bits per heavy atom. The van der Waals surface area contributed by atoms with Gasteiger partial charge in [-0.3, -0.25) is 9.59 Å². The first kappa shape index (κ1) is 19.2. The molecule has 2 amide bonds. The number of furan rings is 1. The Labute approximate surface area is 173 Å². The van der Waals surface area contributed by atoms with Crippen molar-refractivity contribution < 1.29 is 14.0 Å². The average Bonchev–Trinajstić information content (AvgIpc) is 3.48. The van der Waals surface area contributed by atoms with E-state index in [1.54, 1.807) is 10.7 Å². The van der Waals surface area contributed by atoms with Crippen molar-refractivity contribution in [1.82, 2.24) is 20.4 Å². The number of benzene rings is 2. The third-order valence-electron chi connectivity index (χ3n) is 4.49. The summed E-state index contributed by atoms with van der Waals surface area (Å²) < 4.78 is 6.81. The van der Waals surface area contributed by atoms with Crippen molar-refractivity contribution in [2.24, 2.45) is 0 Å². The van der Waals surface area contributed by atoms with Crippen molar-refractivity contribution in [3.63, 3.8) is 0 Å². The highest BCUT2D eigenvalue weighted by atomic mass is 16.3. The second-order valence-corrected chi connectivity index (χ2v) is 6.59. The summed E-state index contributed by atoms with van der Waals surface area (Å²) in [6, 6.07) is 22.7. The van der Waals surface area contributed by atoms with E-state index in [1.807, 2.05) is 66.9 Å². The van der Waals surface area contributed by atoms with Crippen molar-refractivity contribution >= 4 is 11.8 Å². The van der Waals surface area contributed by atoms with Gasteiger partial charge >= 0.3 is 0 Å². The lowest BCUT2D eigenvalue weighted by atomic mass is 10.1. The average molecular weight is 400 g/mol. The Balaban J connectivity index is 1.46. The van der Waals surface area contributed by atoms with Crippen LogP contribution in [0.4, 0.5) is 0 Å². The topological polar surface area (TPSA) is 89.2 Å². The SMILES string of the molecule is O=C(CNC(=O)c1ccco1)NCc1cn(-c2ccccc2)nc1-c1ccccc1. The summed E-state index contributed by atoms with van der Waals surface area (Å²) in [5.74, 6) is -0.572. The van der Waals surface area contributed by atoms with Gasteiger partial charge in [0.2, 0.25) is 5.91 Å². The molecule has 0 unspecified atom stereocenters. The molecule has 2 N–H and O–H groups in total. The molecule has 7 heteroatoms. The molecular formula is C23H20N4O3. The van der Waals surface area contributed by atoms with E-state index in [9.17, 15) is 9.59 Å². The van der Waals surface area contributed by atoms with E-state index in [0.29, 0.717) is 0 Å². The van der Waals surface area contributed by atoms with E-state index in [2.05, 4.69) is 10.6 Å². The summed E-state index contributed by atoms with van der Waals surface area (Å²) in [5, 5.41) is 10.1. The molecule has 0 aliphatic heterocycles. The molecule has 0 bridgehead atoms. The van der Waals surface area contributed by atoms with Gasteiger partial charge in [-0.15, -0.1) is 0 Å². The number of aromatic nitrogens is 2. The summed E-state index contributed by atoms with van der Waals surface area (Å²) >= 11 is 0. The molecule has 0 aliphatic carbocycles. The minimum Gasteiger partial charge on any atom is -0.459 e. The Hall–Kier alpha value is -4.13. The number of nitrogens with one attached hydrogen (secondary N) is 2. The minimum absolute atomic E-state index is 0.146. The van der Waals surface area contributed by atoms with Crippen LogP contribution in [0.5, 0.6) is 0 Å². The number of nitrogens with zero attached hydrogens (tertiary/aromatic N) is 2. The van der Waals surface area contributed by atoms with Crippen LogP contribution < -0.4 is 10.6 Å². The fourth-order valence-corrected chi connectivity index (χ4v) is 3.00. The lowest BCUT2D eigenvalue weighted by molar-refractivity contribution is -0.120. The van der Waals surface area contributed by atoms with Gasteiger partial charge in [0.1, 0.15) is 0 Å². The molecule has 4 aromatic rings. The second-order valence-electron chi connectivity index (χ2n) is 6.59. The van der Waals surface area contributed by atoms with Gasteiger partial charge in [0.05, 0.1) is 24.2 Å². The van der Waals surface area contributed by atoms with Crippen LogP contribution in [0.1, 0.15) is 16.1 Å². The summed E-state index contributed by atoms with van der Waals surface area (Å²) in [5.41, 5.74) is 3.55. The van der Waals surface area contributed by atoms with E-state index in [1.165, 1.54) is 12.3 Å². The molecular weight excluding hydrogens is 380 g/mol. The molecule has 0 saturated carbocycles. The maximum atomic E-state index is 12.2. The molecule has 30 heavy (non-hydrogen) atoms. The standard InChI is InChI=1S/C23H20N4O3/c28-21(15-25-23(29)20-12-7-13-30-20)24-14-18-16-27(19-10-5-2-6-11-19)26-22(18)17-8-3-1-4-9-17/h1-13,16H,14-15H2,(H,24,28)(H,25,29). The third-order valence-corrected chi connectivity index (χ3v) is 4.49. The van der Waals surface area contributed by atoms with Gasteiger partial charge in [-0.05, 0) is 24.3 Å². The van der Waals surface area contributed by atoms with Crippen LogP contribution in [-0.4, -0.2) is 28.1 Å². The number of amides is 2. The highest BCUT2D eigenvalue weighted by molar-refractivity contribution is 5.94. The zero-order valence-electron chi connectivity index (χ0n) is 16.1. The van der Waals surface area contributed by atoms with E-state index in [-0.39, 0.29) is 24.8 Å². The summed E-state index contributed by atoms with van der Waals surface area (Å²) in [6.07, 6.45) is 3.31. The summed E-state index contributed by atoms with van der Waals surface area (Å²) in [6.45, 7) is 0.138. The van der Waals surface area contributed by atoms with Gasteiger partial charge in [0.25, 0.3) is 5.91 Å². The van der Waals surface area contributed by atoms with Crippen molar-refractivity contribution in [2.45, 2.75) is 6.54 Å². The van der Waals surface area contributed by atoms with Gasteiger partial charge in [0.15, 0.2) is 5.76 Å². The van der Waals surface area contributed by atoms with Gasteiger partial charge in [-0.25, -0.2) is 4.68 Å². The van der Waals surface area contributed by atoms with Crippen LogP contribution in [0.3, 0.4) is 0 Å². The molecule has 0 atom stereocenters. The molecule has 2 heterocycles. The van der Waals surface area contributed by atoms with Gasteiger partial charge in [0, 0.05) is 23.9 Å². The van der Waals surface area contributed by atoms with Crippen LogP contribution in [0.2, 0.25) is 0 Å². The highest BCUT2D eigenvalue weighted by Gasteiger charge is 2.14. The number of para-hydroxylation sites is 1. The maximum absolute atomic E-state index is 12.2. The lowest BCUT2D eigenvalue weighted by Gasteiger charge is -2.06. The molecule has 7 nitrogen and oxygen atoms in total. The molecule has 0 radical (unpaired) electrons. The first-order chi connectivity index (χ1) is 14.7. The van der Waals surface area contributed by atoms with Crippen molar-refractivity contribution in [1.29, 1.82) is 0 Å². The molecule has 150 valence electrons. The number of carbonyl (C=O) groups excluding carboxylic acids is 2. The Kier molecular flexibility index (Phi) is 5.70. The van der Waals surface area contributed by atoms with E-state index >= 15 is 0 Å². The zero-order chi connectivity index (χ0) is 20.8. The Morgan fingerprint density at radius 3 is 2.33 bits per heavy atom. The molecule has 4 rings (SSSR count). The molecule has 2 aromatic heterocycles. The Morgan fingerprint density at radius 2 is 1.63 bits per heavy atom. The van der Waals surface area contributed by atoms with Crippen molar-refractivity contribution in [2.75, 3.05) is 6.54 Å². The number of carbonyl (C=O) groups is 2. The van der Waals surface area contributed by atoms with Crippen LogP contribution in [0, 0.1) is 0 Å². The predicted octanol–water partition coefficient (Wildman–Crippen LogP) is 3.18. The van der Waals surface area contributed by atoms with E-state index < -0.39 is 5.91 Å². The molecule has 0 fully saturated rings. The van der Waals surface area contributed by atoms with Crippen molar-refractivity contribution in [3.05, 3.63) is 96.6 Å². The lowest BCUT2D eigenvalue weighted by Crippen LogP contribution is -2.36. The van der Waals surface area contributed by atoms with Crippen molar-refractivity contribution in [3.8, 4) is 16.9 Å². The first-order valence-electron chi connectivity index (χ1n) is 9.48. The smallest absolute Gasteiger partial charge is 0.287 e. The zero-order valence-corrected chi connectivity index (χ0v) is 16.1. The molecule has 0 saturated heterocycles. The predicted molar refractivity (Wildman–Crippen MR) is 112 cm³/mol. The largest absolute Gasteiger partial charge is 0.459 e. The monoisotopic (exact) mass is 400 g/mol. The molecule has 0 aliphatic rings. The molecule has 2 aromatic carbocycles. The van der Waals surface area contributed by atoms with E-state index in [0.717, 1.165) is 22.5 Å². The number of hydrogen-bond donors (Lipinski definition) is 2. The van der Waals surface area contributed by atoms with Crippen LogP contribution in [0.15, 0.2) is 89.7 Å². The second kappa shape index (κ2) is 8.91. The third kappa shape index (κ3) is 4.47. The fourth-order valence-electron chi connectivity index (χ4n) is 3.00. The van der Waals surface area contributed by atoms with Crippen LogP contribution >= 0.6 is 0 Å². The molecule has 0 spiro atoms. The Bertz CT molecular complexity index is 1120. The van der Waals surface area contributed by atoms with Crippen LogP contribution in [0.25, 0.3) is 16.9 Å². The van der Waals surface area contributed by atoms with E-state index in [4.69, 9.17) is 9.52 Å². The first-order valence-corrected chi connectivity index (χ1v) is 9.48. The van der Waals surface area contributed by atoms with Gasteiger partial charge < -0.3 is 15.1 Å². The number of rotatable bonds is 7. The summed E-state index contributed by atoms with van der Waals surface area (Å²) in [7, 11) is 0. The fraction of sp³-hybridized carbons (Fsp3) is 0.0870. The highest BCUT2D eigenvalue weighted by Crippen LogP contribution is 2.23. The normalized spacial score (nSPS) is 10.5. The van der Waals surface area contributed by atoms with Crippen LogP contribution in [-0.2, 0) is 11.3 Å². The van der Waals surface area contributed by atoms with Gasteiger partial charge in [-0.2, -0.15) is 5.10 Å². The van der Waals surface area contributed by atoms with Gasteiger partial charge in [-0.1, -0.05) is 48.5 Å². The number of hydrogen-bond acceptors (Lipinski definition) is 4.